The zero-order valence-electron chi connectivity index (χ0n) is 11.2. The Kier molecular flexibility index (Phi) is 3.29. The van der Waals surface area contributed by atoms with Gasteiger partial charge in [0, 0.05) is 6.54 Å². The molecule has 2 aromatic carbocycles. The molecule has 0 N–H and O–H groups in total. The van der Waals surface area contributed by atoms with Crippen molar-refractivity contribution < 1.29 is 14.3 Å². The molecule has 4 nitrogen and oxygen atoms in total. The van der Waals surface area contributed by atoms with Crippen molar-refractivity contribution in [2.24, 2.45) is 0 Å². The van der Waals surface area contributed by atoms with Crippen molar-refractivity contribution in [3.05, 3.63) is 54.1 Å². The molecule has 0 saturated carbocycles. The molecular formula is C16H15NO3. The monoisotopic (exact) mass is 269 g/mol. The lowest BCUT2D eigenvalue weighted by Gasteiger charge is -2.29. The van der Waals surface area contributed by atoms with Crippen LogP contribution in [0.5, 0.6) is 11.5 Å². The van der Waals surface area contributed by atoms with Gasteiger partial charge in [0.05, 0.1) is 12.8 Å². The van der Waals surface area contributed by atoms with Crippen molar-refractivity contribution in [3.63, 3.8) is 0 Å². The van der Waals surface area contributed by atoms with E-state index in [-0.39, 0.29) is 12.5 Å². The van der Waals surface area contributed by atoms with Gasteiger partial charge < -0.3 is 14.4 Å². The van der Waals surface area contributed by atoms with Crippen molar-refractivity contribution in [2.45, 2.75) is 6.54 Å². The lowest BCUT2D eigenvalue weighted by molar-refractivity contribution is -0.133. The van der Waals surface area contributed by atoms with E-state index >= 15 is 0 Å². The maximum Gasteiger partial charge on any atom is 0.331 e. The highest BCUT2D eigenvalue weighted by Crippen LogP contribution is 2.32. The minimum Gasteiger partial charge on any atom is -0.497 e. The van der Waals surface area contributed by atoms with E-state index in [9.17, 15) is 4.79 Å². The maximum absolute atomic E-state index is 11.6. The van der Waals surface area contributed by atoms with Crippen LogP contribution in [0.15, 0.2) is 48.5 Å². The number of anilines is 1. The molecule has 0 saturated heterocycles. The number of carbonyl (C=O) groups is 1. The van der Waals surface area contributed by atoms with Crippen LogP contribution in [0.4, 0.5) is 5.69 Å². The van der Waals surface area contributed by atoms with Crippen LogP contribution in [0.2, 0.25) is 0 Å². The number of para-hydroxylation sites is 2. The van der Waals surface area contributed by atoms with Gasteiger partial charge in [-0.3, -0.25) is 0 Å². The second-order valence-electron chi connectivity index (χ2n) is 4.65. The summed E-state index contributed by atoms with van der Waals surface area (Å²) in [7, 11) is 1.64. The first-order valence-electron chi connectivity index (χ1n) is 6.44. The molecular weight excluding hydrogens is 254 g/mol. The predicted octanol–water partition coefficient (Wildman–Crippen LogP) is 2.62. The number of carbonyl (C=O) groups excluding carboxylic acids is 1. The molecule has 1 aliphatic heterocycles. The molecule has 0 atom stereocenters. The summed E-state index contributed by atoms with van der Waals surface area (Å²) in [6.07, 6.45) is 0. The normalized spacial score (nSPS) is 13.7. The fourth-order valence-electron chi connectivity index (χ4n) is 2.29. The largest absolute Gasteiger partial charge is 0.497 e. The molecule has 102 valence electrons. The van der Waals surface area contributed by atoms with Crippen molar-refractivity contribution in [1.82, 2.24) is 0 Å². The van der Waals surface area contributed by atoms with Gasteiger partial charge in [0.1, 0.15) is 12.3 Å². The number of ether oxygens (including phenoxy) is 2. The van der Waals surface area contributed by atoms with Crippen molar-refractivity contribution in [2.75, 3.05) is 18.6 Å². The van der Waals surface area contributed by atoms with Crippen LogP contribution >= 0.6 is 0 Å². The Labute approximate surface area is 117 Å². The molecule has 0 spiro atoms. The Morgan fingerprint density at radius 1 is 1.15 bits per heavy atom. The number of fused-ring (bicyclic) bond motifs is 1. The first-order chi connectivity index (χ1) is 9.76. The fourth-order valence-corrected chi connectivity index (χ4v) is 2.29. The zero-order chi connectivity index (χ0) is 13.9. The molecule has 0 radical (unpaired) electrons. The van der Waals surface area contributed by atoms with Gasteiger partial charge in [0.15, 0.2) is 5.75 Å². The van der Waals surface area contributed by atoms with Gasteiger partial charge in [0.2, 0.25) is 0 Å². The van der Waals surface area contributed by atoms with E-state index in [1.807, 2.05) is 53.4 Å². The molecule has 0 bridgehead atoms. The molecule has 0 amide bonds. The Bertz CT molecular complexity index is 622. The van der Waals surface area contributed by atoms with Gasteiger partial charge in [-0.05, 0) is 29.8 Å². The highest BCUT2D eigenvalue weighted by atomic mass is 16.5. The summed E-state index contributed by atoms with van der Waals surface area (Å²) >= 11 is 0. The van der Waals surface area contributed by atoms with Crippen LogP contribution in [0.1, 0.15) is 5.56 Å². The number of hydrogen-bond acceptors (Lipinski definition) is 4. The molecule has 1 heterocycles. The van der Waals surface area contributed by atoms with Crippen molar-refractivity contribution in [1.29, 1.82) is 0 Å². The zero-order valence-corrected chi connectivity index (χ0v) is 11.2. The third-order valence-corrected chi connectivity index (χ3v) is 3.28. The third kappa shape index (κ3) is 2.45. The van der Waals surface area contributed by atoms with Crippen molar-refractivity contribution in [3.8, 4) is 11.5 Å². The van der Waals surface area contributed by atoms with Gasteiger partial charge in [-0.25, -0.2) is 4.79 Å². The van der Waals surface area contributed by atoms with Gasteiger partial charge in [-0.1, -0.05) is 24.3 Å². The minimum absolute atomic E-state index is 0.225. The average Bonchev–Trinajstić information content (AvgIpc) is 2.48. The summed E-state index contributed by atoms with van der Waals surface area (Å²) in [5, 5.41) is 0. The van der Waals surface area contributed by atoms with E-state index in [0.717, 1.165) is 17.0 Å². The molecule has 20 heavy (non-hydrogen) atoms. The van der Waals surface area contributed by atoms with E-state index in [2.05, 4.69) is 0 Å². The predicted molar refractivity (Wildman–Crippen MR) is 76.1 cm³/mol. The van der Waals surface area contributed by atoms with Crippen LogP contribution in [0, 0.1) is 0 Å². The molecule has 0 unspecified atom stereocenters. The lowest BCUT2D eigenvalue weighted by Crippen LogP contribution is -2.36. The summed E-state index contributed by atoms with van der Waals surface area (Å²) < 4.78 is 10.4. The lowest BCUT2D eigenvalue weighted by atomic mass is 10.1. The summed E-state index contributed by atoms with van der Waals surface area (Å²) in [5.74, 6) is 1.22. The molecule has 0 fully saturated rings. The highest BCUT2D eigenvalue weighted by Gasteiger charge is 2.23. The third-order valence-electron chi connectivity index (χ3n) is 3.28. The van der Waals surface area contributed by atoms with E-state index < -0.39 is 0 Å². The summed E-state index contributed by atoms with van der Waals surface area (Å²) in [6, 6.07) is 15.4. The number of methoxy groups -OCH3 is 1. The Morgan fingerprint density at radius 2 is 1.90 bits per heavy atom. The fraction of sp³-hybridized carbons (Fsp3) is 0.188. The minimum atomic E-state index is -0.225. The Balaban J connectivity index is 1.85. The molecule has 4 heteroatoms. The summed E-state index contributed by atoms with van der Waals surface area (Å²) in [6.45, 7) is 0.930. The summed E-state index contributed by atoms with van der Waals surface area (Å²) in [5.41, 5.74) is 2.07. The first kappa shape index (κ1) is 12.5. The molecule has 0 aromatic heterocycles. The summed E-state index contributed by atoms with van der Waals surface area (Å²) in [4.78, 5) is 13.7. The molecule has 2 aromatic rings. The SMILES string of the molecule is COc1ccc(CN2CC(=O)Oc3ccccc32)cc1. The highest BCUT2D eigenvalue weighted by molar-refractivity contribution is 5.84. The standard InChI is InChI=1S/C16H15NO3/c1-19-13-8-6-12(7-9-13)10-17-11-16(18)20-15-5-3-2-4-14(15)17/h2-9H,10-11H2,1H3. The maximum atomic E-state index is 11.6. The Hall–Kier alpha value is -2.49. The number of hydrogen-bond donors (Lipinski definition) is 0. The van der Waals surface area contributed by atoms with Crippen molar-refractivity contribution >= 4 is 11.7 Å². The van der Waals surface area contributed by atoms with Gasteiger partial charge >= 0.3 is 5.97 Å². The van der Waals surface area contributed by atoms with E-state index in [1.54, 1.807) is 7.11 Å². The van der Waals surface area contributed by atoms with Gasteiger partial charge in [0.25, 0.3) is 0 Å². The van der Waals surface area contributed by atoms with E-state index in [1.165, 1.54) is 0 Å². The van der Waals surface area contributed by atoms with Gasteiger partial charge in [-0.2, -0.15) is 0 Å². The first-order valence-corrected chi connectivity index (χ1v) is 6.44. The van der Waals surface area contributed by atoms with Gasteiger partial charge in [-0.15, -0.1) is 0 Å². The smallest absolute Gasteiger partial charge is 0.331 e. The topological polar surface area (TPSA) is 38.8 Å². The average molecular weight is 269 g/mol. The van der Waals surface area contributed by atoms with Crippen LogP contribution in [-0.2, 0) is 11.3 Å². The second kappa shape index (κ2) is 5.25. The van der Waals surface area contributed by atoms with Crippen LogP contribution < -0.4 is 14.4 Å². The number of nitrogens with zero attached hydrogens (tertiary/aromatic N) is 1. The van der Waals surface area contributed by atoms with Crippen LogP contribution in [0.3, 0.4) is 0 Å². The molecule has 1 aliphatic rings. The van der Waals surface area contributed by atoms with Crippen LogP contribution in [-0.4, -0.2) is 19.6 Å². The Morgan fingerprint density at radius 3 is 2.65 bits per heavy atom. The van der Waals surface area contributed by atoms with E-state index in [4.69, 9.17) is 9.47 Å². The molecule has 3 rings (SSSR count). The quantitative estimate of drug-likeness (QED) is 0.634. The second-order valence-corrected chi connectivity index (χ2v) is 4.65. The number of esters is 1. The van der Waals surface area contributed by atoms with Crippen LogP contribution in [0.25, 0.3) is 0 Å². The molecule has 0 aliphatic carbocycles. The number of benzene rings is 2. The van der Waals surface area contributed by atoms with E-state index in [0.29, 0.717) is 12.3 Å². The number of rotatable bonds is 3.